The van der Waals surface area contributed by atoms with Gasteiger partial charge in [-0.25, -0.2) is 0 Å². The van der Waals surface area contributed by atoms with Crippen molar-refractivity contribution in [1.29, 1.82) is 0 Å². The Morgan fingerprint density at radius 1 is 1.00 bits per heavy atom. The highest BCUT2D eigenvalue weighted by Gasteiger charge is 2.26. The molecule has 2 aromatic carbocycles. The zero-order valence-corrected chi connectivity index (χ0v) is 19.3. The molecule has 0 saturated heterocycles. The average molecular weight is 468 g/mol. The summed E-state index contributed by atoms with van der Waals surface area (Å²) >= 11 is 0. The predicted molar refractivity (Wildman–Crippen MR) is 126 cm³/mol. The molecule has 0 bridgehead atoms. The third-order valence-corrected chi connectivity index (χ3v) is 5.38. The fourth-order valence-electron chi connectivity index (χ4n) is 3.73. The minimum Gasteiger partial charge on any atom is -0.497 e. The Morgan fingerprint density at radius 2 is 1.68 bits per heavy atom. The summed E-state index contributed by atoms with van der Waals surface area (Å²) in [6, 6.07) is 14.9. The second-order valence-corrected chi connectivity index (χ2v) is 7.69. The number of nitrogens with two attached hydrogens (primary N) is 1. The monoisotopic (exact) mass is 467 g/mol. The van der Waals surface area contributed by atoms with E-state index in [1.54, 1.807) is 38.3 Å². The third-order valence-electron chi connectivity index (χ3n) is 5.38. The zero-order chi connectivity index (χ0) is 24.5. The van der Waals surface area contributed by atoms with Gasteiger partial charge < -0.3 is 25.0 Å². The van der Waals surface area contributed by atoms with E-state index in [2.05, 4.69) is 10.2 Å². The largest absolute Gasteiger partial charge is 0.497 e. The van der Waals surface area contributed by atoms with Crippen LogP contribution in [0.5, 0.6) is 11.5 Å². The van der Waals surface area contributed by atoms with Crippen LogP contribution in [0.2, 0.25) is 0 Å². The van der Waals surface area contributed by atoms with Crippen LogP contribution >= 0.6 is 0 Å². The van der Waals surface area contributed by atoms with Crippen LogP contribution in [0.3, 0.4) is 0 Å². The molecule has 9 heteroatoms. The molecule has 0 aliphatic rings. The van der Waals surface area contributed by atoms with Crippen LogP contribution < -0.4 is 20.8 Å². The first-order chi connectivity index (χ1) is 16.4. The molecule has 34 heavy (non-hydrogen) atoms. The second kappa shape index (κ2) is 11.7. The van der Waals surface area contributed by atoms with Gasteiger partial charge in [0, 0.05) is 24.3 Å². The molecule has 1 atom stereocenters. The highest BCUT2D eigenvalue weighted by atomic mass is 16.5. The molecule has 3 aromatic rings. The lowest BCUT2D eigenvalue weighted by Gasteiger charge is -2.16. The quantitative estimate of drug-likeness (QED) is 0.350. The Bertz CT molecular complexity index is 1150. The topological polar surface area (TPSA) is 136 Å². The van der Waals surface area contributed by atoms with E-state index in [4.69, 9.17) is 19.9 Å². The van der Waals surface area contributed by atoms with Gasteiger partial charge in [-0.3, -0.25) is 19.5 Å². The summed E-state index contributed by atoms with van der Waals surface area (Å²) in [4.78, 5) is 36.3. The van der Waals surface area contributed by atoms with Gasteiger partial charge in [-0.2, -0.15) is 0 Å². The summed E-state index contributed by atoms with van der Waals surface area (Å²) in [5.41, 5.74) is 7.55. The number of rotatable bonds is 12. The van der Waals surface area contributed by atoms with E-state index < -0.39 is 23.4 Å². The zero-order valence-electron chi connectivity index (χ0n) is 19.3. The molecule has 180 valence electrons. The maximum absolute atomic E-state index is 12.5. The Kier molecular flexibility index (Phi) is 8.50. The van der Waals surface area contributed by atoms with Crippen molar-refractivity contribution in [2.75, 3.05) is 20.3 Å². The van der Waals surface area contributed by atoms with Crippen molar-refractivity contribution >= 4 is 11.9 Å². The molecule has 1 heterocycles. The number of carbonyl (C=O) groups excluding carboxylic acids is 2. The minimum absolute atomic E-state index is 0.0889. The standard InChI is InChI=1S/C25H29N3O6/c1-3-33-23(30)15-21-24(25(31)28-27-21)20(14-22(26)29)17-6-10-19(11-7-17)34-13-12-16-4-8-18(32-2)9-5-16/h4-11,20H,3,12-15H2,1-2H3,(H2,26,29)(H2,27,28,31). The lowest BCUT2D eigenvalue weighted by Crippen LogP contribution is -2.21. The Labute approximate surface area is 197 Å². The van der Waals surface area contributed by atoms with Crippen LogP contribution in [0.25, 0.3) is 0 Å². The molecule has 3 rings (SSSR count). The van der Waals surface area contributed by atoms with E-state index in [1.165, 1.54) is 0 Å². The Hall–Kier alpha value is -4.01. The summed E-state index contributed by atoms with van der Waals surface area (Å²) in [6.07, 6.45) is 0.518. The average Bonchev–Trinajstić information content (AvgIpc) is 3.18. The molecule has 0 radical (unpaired) electrons. The number of primary amides is 1. The molecule has 0 fully saturated rings. The van der Waals surface area contributed by atoms with Crippen LogP contribution in [0.4, 0.5) is 0 Å². The number of hydrogen-bond acceptors (Lipinski definition) is 6. The lowest BCUT2D eigenvalue weighted by atomic mass is 9.87. The van der Waals surface area contributed by atoms with Gasteiger partial charge in [-0.05, 0) is 42.3 Å². The summed E-state index contributed by atoms with van der Waals surface area (Å²) in [7, 11) is 1.63. The highest BCUT2D eigenvalue weighted by Crippen LogP contribution is 2.29. The number of esters is 1. The van der Waals surface area contributed by atoms with Gasteiger partial charge in [0.15, 0.2) is 0 Å². The number of benzene rings is 2. The predicted octanol–water partition coefficient (Wildman–Crippen LogP) is 2.45. The van der Waals surface area contributed by atoms with E-state index in [9.17, 15) is 14.4 Å². The van der Waals surface area contributed by atoms with Crippen LogP contribution in [0.1, 0.15) is 41.6 Å². The van der Waals surface area contributed by atoms with Crippen molar-refractivity contribution in [2.45, 2.75) is 32.1 Å². The SMILES string of the molecule is CCOC(=O)Cc1[nH][nH]c(=O)c1C(CC(N)=O)c1ccc(OCCc2ccc(OC)cc2)cc1. The van der Waals surface area contributed by atoms with Crippen LogP contribution in [0, 0.1) is 0 Å². The van der Waals surface area contributed by atoms with Crippen molar-refractivity contribution in [2.24, 2.45) is 5.73 Å². The lowest BCUT2D eigenvalue weighted by molar-refractivity contribution is -0.142. The summed E-state index contributed by atoms with van der Waals surface area (Å²) in [5, 5.41) is 5.22. The van der Waals surface area contributed by atoms with Crippen LogP contribution in [-0.2, 0) is 27.2 Å². The maximum atomic E-state index is 12.5. The van der Waals surface area contributed by atoms with Gasteiger partial charge in [0.25, 0.3) is 5.56 Å². The van der Waals surface area contributed by atoms with Gasteiger partial charge in [0.1, 0.15) is 11.5 Å². The number of methoxy groups -OCH3 is 1. The summed E-state index contributed by atoms with van der Waals surface area (Å²) in [6.45, 7) is 2.42. The van der Waals surface area contributed by atoms with E-state index in [0.717, 1.165) is 17.7 Å². The van der Waals surface area contributed by atoms with Crippen LogP contribution in [0.15, 0.2) is 53.3 Å². The van der Waals surface area contributed by atoms with Gasteiger partial charge in [-0.1, -0.05) is 24.3 Å². The van der Waals surface area contributed by atoms with Crippen molar-refractivity contribution < 1.29 is 23.8 Å². The molecule has 0 aliphatic heterocycles. The van der Waals surface area contributed by atoms with E-state index >= 15 is 0 Å². The highest BCUT2D eigenvalue weighted by molar-refractivity contribution is 5.76. The van der Waals surface area contributed by atoms with Crippen molar-refractivity contribution in [3.8, 4) is 11.5 Å². The van der Waals surface area contributed by atoms with Gasteiger partial charge in [0.05, 0.1) is 32.4 Å². The Balaban J connectivity index is 1.73. The smallest absolute Gasteiger partial charge is 0.311 e. The second-order valence-electron chi connectivity index (χ2n) is 7.69. The molecule has 0 saturated carbocycles. The minimum atomic E-state index is -0.620. The number of aromatic amines is 2. The van der Waals surface area contributed by atoms with Crippen molar-refractivity contribution in [3.05, 3.63) is 81.3 Å². The third kappa shape index (κ3) is 6.50. The van der Waals surface area contributed by atoms with E-state index in [0.29, 0.717) is 29.2 Å². The van der Waals surface area contributed by atoms with Gasteiger partial charge in [-0.15, -0.1) is 0 Å². The number of hydrogen-bond donors (Lipinski definition) is 3. The molecule has 1 unspecified atom stereocenters. The number of amides is 1. The van der Waals surface area contributed by atoms with Crippen molar-refractivity contribution in [3.63, 3.8) is 0 Å². The fourth-order valence-corrected chi connectivity index (χ4v) is 3.73. The Morgan fingerprint density at radius 3 is 2.29 bits per heavy atom. The fraction of sp³-hybridized carbons (Fsp3) is 0.320. The van der Waals surface area contributed by atoms with Gasteiger partial charge in [0.2, 0.25) is 5.91 Å². The summed E-state index contributed by atoms with van der Waals surface area (Å²) < 4.78 is 16.0. The number of ether oxygens (including phenoxy) is 3. The number of carbonyl (C=O) groups is 2. The van der Waals surface area contributed by atoms with Crippen molar-refractivity contribution in [1.82, 2.24) is 10.2 Å². The normalized spacial score (nSPS) is 11.6. The van der Waals surface area contributed by atoms with Crippen LogP contribution in [-0.4, -0.2) is 42.4 Å². The molecule has 9 nitrogen and oxygen atoms in total. The maximum Gasteiger partial charge on any atom is 0.311 e. The summed E-state index contributed by atoms with van der Waals surface area (Å²) in [5.74, 6) is -0.197. The molecule has 0 spiro atoms. The van der Waals surface area contributed by atoms with E-state index in [1.807, 2.05) is 24.3 Å². The first-order valence-corrected chi connectivity index (χ1v) is 11.0. The molecule has 1 amide bonds. The molecular formula is C25H29N3O6. The number of nitrogens with one attached hydrogen (secondary N) is 2. The molecule has 4 N–H and O–H groups in total. The van der Waals surface area contributed by atoms with Gasteiger partial charge >= 0.3 is 5.97 Å². The molecule has 1 aromatic heterocycles. The molecular weight excluding hydrogens is 438 g/mol. The number of H-pyrrole nitrogens is 2. The first-order valence-electron chi connectivity index (χ1n) is 11.0. The number of aromatic nitrogens is 2. The van der Waals surface area contributed by atoms with E-state index in [-0.39, 0.29) is 19.4 Å². The first kappa shape index (κ1) is 24.6. The molecule has 0 aliphatic carbocycles.